The highest BCUT2D eigenvalue weighted by molar-refractivity contribution is 4.54. The zero-order chi connectivity index (χ0) is 7.33. The van der Waals surface area contributed by atoms with Crippen molar-refractivity contribution in [2.45, 2.75) is 26.4 Å². The molecule has 0 atom stereocenters. The molecule has 0 spiro atoms. The lowest BCUT2D eigenvalue weighted by molar-refractivity contribution is -0.351. The van der Waals surface area contributed by atoms with Crippen LogP contribution in [0.5, 0.6) is 0 Å². The molecule has 0 aliphatic heterocycles. The van der Waals surface area contributed by atoms with E-state index < -0.39 is 0 Å². The molecule has 0 heterocycles. The molecule has 56 valence electrons. The Kier molecular flexibility index (Phi) is 3.77. The Bertz CT molecular complexity index is 67.9. The minimum absolute atomic E-state index is 0.211. The van der Waals surface area contributed by atoms with Crippen LogP contribution in [0.4, 0.5) is 0 Å². The van der Waals surface area contributed by atoms with Crippen LogP contribution in [0.25, 0.3) is 0 Å². The van der Waals surface area contributed by atoms with Gasteiger partial charge in [0.1, 0.15) is 6.73 Å². The van der Waals surface area contributed by atoms with E-state index >= 15 is 0 Å². The maximum Gasteiger partial charge on any atom is 0.132 e. The highest BCUT2D eigenvalue weighted by atomic mass is 17.2. The van der Waals surface area contributed by atoms with Crippen molar-refractivity contribution in [1.29, 1.82) is 0 Å². The lowest BCUT2D eigenvalue weighted by Gasteiger charge is -2.16. The second-order valence-corrected chi connectivity index (χ2v) is 2.81. The third-order valence-electron chi connectivity index (χ3n) is 0.512. The summed E-state index contributed by atoms with van der Waals surface area (Å²) in [6, 6.07) is 0. The molecule has 9 heavy (non-hydrogen) atoms. The van der Waals surface area contributed by atoms with Crippen LogP contribution in [0.3, 0.4) is 0 Å². The Hall–Kier alpha value is -0.120. The average Bonchev–Trinajstić information content (AvgIpc) is 1.63. The first kappa shape index (κ1) is 8.88. The Balaban J connectivity index is 3.07. The summed E-state index contributed by atoms with van der Waals surface area (Å²) in [5, 5.41) is 2.79. The summed E-state index contributed by atoms with van der Waals surface area (Å²) >= 11 is 0. The highest BCUT2D eigenvalue weighted by Gasteiger charge is 2.10. The molecule has 0 saturated heterocycles. The number of nitrogens with one attached hydrogen (secondary N) is 1. The Morgan fingerprint density at radius 1 is 1.33 bits per heavy atom. The van der Waals surface area contributed by atoms with Crippen LogP contribution >= 0.6 is 0 Å². The van der Waals surface area contributed by atoms with Crippen LogP contribution in [-0.2, 0) is 9.78 Å². The third-order valence-corrected chi connectivity index (χ3v) is 0.512. The molecule has 0 aromatic heterocycles. The minimum atomic E-state index is -0.211. The lowest BCUT2D eigenvalue weighted by atomic mass is 10.2. The SMILES string of the molecule is CNCOOC(C)(C)C. The molecule has 0 amide bonds. The van der Waals surface area contributed by atoms with Gasteiger partial charge in [-0.05, 0) is 27.8 Å². The van der Waals surface area contributed by atoms with Gasteiger partial charge < -0.3 is 0 Å². The van der Waals surface area contributed by atoms with Crippen molar-refractivity contribution in [1.82, 2.24) is 5.32 Å². The van der Waals surface area contributed by atoms with E-state index in [0.717, 1.165) is 0 Å². The molecule has 0 aromatic carbocycles. The maximum atomic E-state index is 4.91. The van der Waals surface area contributed by atoms with Crippen LogP contribution in [-0.4, -0.2) is 19.4 Å². The number of hydrogen-bond donors (Lipinski definition) is 1. The third kappa shape index (κ3) is 7.88. The van der Waals surface area contributed by atoms with E-state index in [9.17, 15) is 0 Å². The van der Waals surface area contributed by atoms with Crippen LogP contribution in [0.15, 0.2) is 0 Å². The van der Waals surface area contributed by atoms with Crippen molar-refractivity contribution >= 4 is 0 Å². The van der Waals surface area contributed by atoms with Gasteiger partial charge >= 0.3 is 0 Å². The average molecular weight is 133 g/mol. The summed E-state index contributed by atoms with van der Waals surface area (Å²) in [5.74, 6) is 0. The molecule has 0 rings (SSSR count). The molecular formula is C6H15NO2. The summed E-state index contributed by atoms with van der Waals surface area (Å²) in [4.78, 5) is 9.64. The molecule has 3 nitrogen and oxygen atoms in total. The molecular weight excluding hydrogens is 118 g/mol. The van der Waals surface area contributed by atoms with E-state index in [0.29, 0.717) is 6.73 Å². The predicted octanol–water partition coefficient (Wildman–Crippen LogP) is 0.910. The van der Waals surface area contributed by atoms with Gasteiger partial charge in [-0.2, -0.15) is 0 Å². The number of hydrogen-bond acceptors (Lipinski definition) is 3. The van der Waals surface area contributed by atoms with E-state index in [1.54, 1.807) is 7.05 Å². The van der Waals surface area contributed by atoms with E-state index in [1.165, 1.54) is 0 Å². The second kappa shape index (κ2) is 3.82. The van der Waals surface area contributed by atoms with Crippen molar-refractivity contribution in [2.24, 2.45) is 0 Å². The Labute approximate surface area is 56.3 Å². The van der Waals surface area contributed by atoms with E-state index in [4.69, 9.17) is 9.78 Å². The topological polar surface area (TPSA) is 30.5 Å². The molecule has 3 heteroatoms. The Morgan fingerprint density at radius 2 is 1.89 bits per heavy atom. The molecule has 0 unspecified atom stereocenters. The van der Waals surface area contributed by atoms with Gasteiger partial charge in [-0.15, -0.1) is 0 Å². The fraction of sp³-hybridized carbons (Fsp3) is 1.00. The van der Waals surface area contributed by atoms with Crippen LogP contribution in [0, 0.1) is 0 Å². The van der Waals surface area contributed by atoms with E-state index in [2.05, 4.69) is 5.32 Å². The summed E-state index contributed by atoms with van der Waals surface area (Å²) in [6.45, 7) is 6.23. The van der Waals surface area contributed by atoms with Gasteiger partial charge in [0.2, 0.25) is 0 Å². The first-order valence-corrected chi connectivity index (χ1v) is 3.01. The summed E-state index contributed by atoms with van der Waals surface area (Å²) in [7, 11) is 1.80. The lowest BCUT2D eigenvalue weighted by Crippen LogP contribution is -2.22. The standard InChI is InChI=1S/C6H15NO2/c1-6(2,3)9-8-5-7-4/h7H,5H2,1-4H3. The molecule has 1 N–H and O–H groups in total. The van der Waals surface area contributed by atoms with Crippen LogP contribution in [0.2, 0.25) is 0 Å². The van der Waals surface area contributed by atoms with Gasteiger partial charge in [0.15, 0.2) is 0 Å². The van der Waals surface area contributed by atoms with Crippen molar-refractivity contribution < 1.29 is 9.78 Å². The van der Waals surface area contributed by atoms with E-state index in [1.807, 2.05) is 20.8 Å². The monoisotopic (exact) mass is 133 g/mol. The smallest absolute Gasteiger partial charge is 0.132 e. The maximum absolute atomic E-state index is 4.91. The molecule has 0 aromatic rings. The van der Waals surface area contributed by atoms with Crippen LogP contribution < -0.4 is 5.32 Å². The first-order valence-electron chi connectivity index (χ1n) is 3.01. The van der Waals surface area contributed by atoms with Gasteiger partial charge in [-0.25, -0.2) is 9.78 Å². The van der Waals surface area contributed by atoms with Crippen molar-refractivity contribution in [3.05, 3.63) is 0 Å². The van der Waals surface area contributed by atoms with Gasteiger partial charge in [0.05, 0.1) is 5.60 Å². The minimum Gasteiger partial charge on any atom is -0.295 e. The van der Waals surface area contributed by atoms with Crippen molar-refractivity contribution in [3.8, 4) is 0 Å². The normalized spacial score (nSPS) is 12.0. The molecule has 0 aliphatic rings. The zero-order valence-corrected chi connectivity index (χ0v) is 6.52. The summed E-state index contributed by atoms with van der Waals surface area (Å²) in [5.41, 5.74) is -0.211. The van der Waals surface area contributed by atoms with Gasteiger partial charge in [0, 0.05) is 0 Å². The summed E-state index contributed by atoms with van der Waals surface area (Å²) in [6.07, 6.45) is 0. The Morgan fingerprint density at radius 3 is 2.22 bits per heavy atom. The largest absolute Gasteiger partial charge is 0.295 e. The van der Waals surface area contributed by atoms with Crippen molar-refractivity contribution in [3.63, 3.8) is 0 Å². The fourth-order valence-electron chi connectivity index (χ4n) is 0.265. The first-order chi connectivity index (χ1) is 4.06. The fourth-order valence-corrected chi connectivity index (χ4v) is 0.265. The second-order valence-electron chi connectivity index (χ2n) is 2.81. The molecule has 0 aliphatic carbocycles. The molecule has 0 radical (unpaired) electrons. The van der Waals surface area contributed by atoms with Crippen molar-refractivity contribution in [2.75, 3.05) is 13.8 Å². The summed E-state index contributed by atoms with van der Waals surface area (Å²) < 4.78 is 0. The van der Waals surface area contributed by atoms with Gasteiger partial charge in [-0.1, -0.05) is 0 Å². The van der Waals surface area contributed by atoms with Crippen LogP contribution in [0.1, 0.15) is 20.8 Å². The predicted molar refractivity (Wildman–Crippen MR) is 35.8 cm³/mol. The molecule has 0 fully saturated rings. The van der Waals surface area contributed by atoms with Gasteiger partial charge in [0.25, 0.3) is 0 Å². The molecule has 0 bridgehead atoms. The highest BCUT2D eigenvalue weighted by Crippen LogP contribution is 2.05. The quantitative estimate of drug-likeness (QED) is 0.269. The number of rotatable bonds is 3. The molecule has 0 saturated carbocycles. The zero-order valence-electron chi connectivity index (χ0n) is 6.52. The van der Waals surface area contributed by atoms with E-state index in [-0.39, 0.29) is 5.60 Å². The van der Waals surface area contributed by atoms with Gasteiger partial charge in [-0.3, -0.25) is 5.32 Å².